The number of ketones is 1. The molecule has 0 aromatic carbocycles. The fraction of sp³-hybridized carbons (Fsp3) is 0.381. The zero-order chi connectivity index (χ0) is 19.7. The van der Waals surface area contributed by atoms with Crippen LogP contribution >= 0.6 is 0 Å². The van der Waals surface area contributed by atoms with Crippen LogP contribution in [0.15, 0.2) is 11.1 Å². The van der Waals surface area contributed by atoms with E-state index >= 15 is 0 Å². The van der Waals surface area contributed by atoms with E-state index in [-0.39, 0.29) is 5.78 Å². The molecule has 0 bridgehead atoms. The molecule has 0 radical (unpaired) electrons. The number of rotatable bonds is 2. The van der Waals surface area contributed by atoms with E-state index < -0.39 is 0 Å². The Bertz CT molecular complexity index is 911. The van der Waals surface area contributed by atoms with Crippen molar-refractivity contribution in [1.29, 1.82) is 0 Å². The third-order valence-corrected chi connectivity index (χ3v) is 4.87. The van der Waals surface area contributed by atoms with Crippen LogP contribution in [-0.2, 0) is 4.79 Å². The average molecular weight is 363 g/mol. The molecule has 6 nitrogen and oxygen atoms in total. The van der Waals surface area contributed by atoms with Gasteiger partial charge in [0.15, 0.2) is 5.78 Å². The van der Waals surface area contributed by atoms with Gasteiger partial charge in [0.2, 0.25) is 0 Å². The van der Waals surface area contributed by atoms with Crippen LogP contribution in [-0.4, -0.2) is 38.8 Å². The van der Waals surface area contributed by atoms with Crippen LogP contribution in [0.1, 0.15) is 45.6 Å². The molecule has 0 atom stereocenters. The summed E-state index contributed by atoms with van der Waals surface area (Å²) in [5, 5.41) is 3.29. The van der Waals surface area contributed by atoms with Gasteiger partial charge in [-0.15, -0.1) is 0 Å². The lowest BCUT2D eigenvalue weighted by molar-refractivity contribution is -0.112. The molecule has 0 spiro atoms. The van der Waals surface area contributed by atoms with Crippen LogP contribution in [0.4, 0.5) is 0 Å². The lowest BCUT2D eigenvalue weighted by atomic mass is 9.97. The van der Waals surface area contributed by atoms with Gasteiger partial charge in [0, 0.05) is 24.2 Å². The molecule has 0 aliphatic carbocycles. The van der Waals surface area contributed by atoms with Crippen LogP contribution in [0.2, 0.25) is 0 Å². The summed E-state index contributed by atoms with van der Waals surface area (Å²) < 4.78 is 0. The first-order valence-corrected chi connectivity index (χ1v) is 9.06. The number of Topliss-reactive ketones (excluding diaryl/α,β-unsaturated/α-hetero) is 1. The molecule has 1 N–H and O–H groups in total. The lowest BCUT2D eigenvalue weighted by Gasteiger charge is -2.18. The van der Waals surface area contributed by atoms with Crippen molar-refractivity contribution in [2.75, 3.05) is 13.1 Å². The summed E-state index contributed by atoms with van der Waals surface area (Å²) in [7, 11) is 0. The monoisotopic (exact) mass is 363 g/mol. The third kappa shape index (κ3) is 4.01. The Balaban J connectivity index is 1.97. The molecule has 27 heavy (non-hydrogen) atoms. The first-order chi connectivity index (χ1) is 12.8. The van der Waals surface area contributed by atoms with Crippen LogP contribution in [0.3, 0.4) is 0 Å². The molecule has 1 fully saturated rings. The molecule has 1 aliphatic heterocycles. The Morgan fingerprint density at radius 1 is 0.630 bits per heavy atom. The van der Waals surface area contributed by atoms with Gasteiger partial charge >= 0.3 is 0 Å². The molecule has 3 rings (SSSR count). The first-order valence-electron chi connectivity index (χ1n) is 9.06. The molecule has 2 aromatic rings. The number of hydrogen-bond acceptors (Lipinski definition) is 6. The van der Waals surface area contributed by atoms with Crippen molar-refractivity contribution in [3.8, 4) is 0 Å². The van der Waals surface area contributed by atoms with E-state index in [0.29, 0.717) is 24.2 Å². The Hall–Kier alpha value is -2.73. The Kier molecular flexibility index (Phi) is 5.28. The summed E-state index contributed by atoms with van der Waals surface area (Å²) in [5.74, 6) is 0.0209. The van der Waals surface area contributed by atoms with Crippen LogP contribution in [0.25, 0.3) is 12.2 Å². The van der Waals surface area contributed by atoms with Crippen molar-refractivity contribution >= 4 is 17.9 Å². The molecule has 6 heteroatoms. The van der Waals surface area contributed by atoms with E-state index in [1.807, 2.05) is 53.7 Å². The van der Waals surface area contributed by atoms with Gasteiger partial charge in [0.05, 0.1) is 45.6 Å². The maximum absolute atomic E-state index is 13.0. The largest absolute Gasteiger partial charge is 0.308 e. The minimum Gasteiger partial charge on any atom is -0.308 e. The summed E-state index contributed by atoms with van der Waals surface area (Å²) in [4.78, 5) is 31.2. The highest BCUT2D eigenvalue weighted by molar-refractivity contribution is 6.14. The summed E-state index contributed by atoms with van der Waals surface area (Å²) >= 11 is 0. The number of hydrogen-bond donors (Lipinski definition) is 1. The van der Waals surface area contributed by atoms with Gasteiger partial charge in [-0.1, -0.05) is 0 Å². The molecule has 140 valence electrons. The Morgan fingerprint density at radius 3 is 1.41 bits per heavy atom. The second kappa shape index (κ2) is 7.48. The predicted molar refractivity (Wildman–Crippen MR) is 106 cm³/mol. The number of aryl methyl sites for hydroxylation is 6. The van der Waals surface area contributed by atoms with Crippen molar-refractivity contribution < 1.29 is 4.79 Å². The van der Waals surface area contributed by atoms with Gasteiger partial charge in [-0.05, 0) is 53.7 Å². The first kappa shape index (κ1) is 19.0. The molecule has 2 aromatic heterocycles. The second-order valence-electron chi connectivity index (χ2n) is 7.00. The predicted octanol–water partition coefficient (Wildman–Crippen LogP) is 2.76. The van der Waals surface area contributed by atoms with Gasteiger partial charge < -0.3 is 5.32 Å². The van der Waals surface area contributed by atoms with Crippen molar-refractivity contribution in [2.45, 2.75) is 41.5 Å². The van der Waals surface area contributed by atoms with E-state index in [9.17, 15) is 4.79 Å². The highest BCUT2D eigenvalue weighted by Gasteiger charge is 2.21. The molecule has 1 saturated heterocycles. The number of carbonyl (C=O) groups excluding carboxylic acids is 1. The minimum absolute atomic E-state index is 0.0209. The third-order valence-electron chi connectivity index (χ3n) is 4.87. The SMILES string of the molecule is Cc1nc(C)c(/C=C2\CNC/C(=C\c3nc(C)c(C)nc3C)C2=O)nc1C. The van der Waals surface area contributed by atoms with Crippen molar-refractivity contribution in [3.63, 3.8) is 0 Å². The molecular weight excluding hydrogens is 338 g/mol. The highest BCUT2D eigenvalue weighted by atomic mass is 16.1. The number of carbonyl (C=O) groups is 1. The molecular formula is C21H25N5O. The van der Waals surface area contributed by atoms with Crippen LogP contribution < -0.4 is 5.32 Å². The number of nitrogens with zero attached hydrogens (tertiary/aromatic N) is 4. The van der Waals surface area contributed by atoms with Gasteiger partial charge in [0.25, 0.3) is 0 Å². The normalized spacial score (nSPS) is 17.8. The maximum atomic E-state index is 13.0. The van der Waals surface area contributed by atoms with Gasteiger partial charge in [-0.25, -0.2) is 9.97 Å². The summed E-state index contributed by atoms with van der Waals surface area (Å²) in [6.45, 7) is 12.6. The van der Waals surface area contributed by atoms with Gasteiger partial charge in [-0.2, -0.15) is 0 Å². The highest BCUT2D eigenvalue weighted by Crippen LogP contribution is 2.19. The summed E-state index contributed by atoms with van der Waals surface area (Å²) in [5.41, 5.74) is 8.07. The van der Waals surface area contributed by atoms with Crippen molar-refractivity contribution in [3.05, 3.63) is 56.7 Å². The standard InChI is InChI=1S/C21H25N5O/c1-11-13(3)25-19(15(5)23-11)7-17-9-22-10-18(21(17)27)8-20-16(6)24-12(2)14(4)26-20/h7-8,22H,9-10H2,1-6H3/b17-7+,18-8+. The van der Waals surface area contributed by atoms with Crippen molar-refractivity contribution in [1.82, 2.24) is 25.3 Å². The molecule has 1 aliphatic rings. The van der Waals surface area contributed by atoms with Gasteiger partial charge in [0.1, 0.15) is 0 Å². The molecule has 3 heterocycles. The van der Waals surface area contributed by atoms with E-state index in [1.165, 1.54) is 0 Å². The summed E-state index contributed by atoms with van der Waals surface area (Å²) in [6.07, 6.45) is 3.69. The second-order valence-corrected chi connectivity index (χ2v) is 7.00. The topological polar surface area (TPSA) is 80.7 Å². The van der Waals surface area contributed by atoms with E-state index in [4.69, 9.17) is 0 Å². The Morgan fingerprint density at radius 2 is 1.00 bits per heavy atom. The lowest BCUT2D eigenvalue weighted by Crippen LogP contribution is -2.33. The number of piperidine rings is 1. The van der Waals surface area contributed by atoms with Crippen LogP contribution in [0.5, 0.6) is 0 Å². The van der Waals surface area contributed by atoms with E-state index in [0.717, 1.165) is 45.6 Å². The minimum atomic E-state index is 0.0209. The smallest absolute Gasteiger partial charge is 0.187 e. The van der Waals surface area contributed by atoms with Crippen molar-refractivity contribution in [2.24, 2.45) is 0 Å². The average Bonchev–Trinajstić information content (AvgIpc) is 2.60. The Labute approximate surface area is 159 Å². The summed E-state index contributed by atoms with van der Waals surface area (Å²) in [6, 6.07) is 0. The molecule has 0 amide bonds. The van der Waals surface area contributed by atoms with E-state index in [1.54, 1.807) is 0 Å². The quantitative estimate of drug-likeness (QED) is 0.827. The fourth-order valence-corrected chi connectivity index (χ4v) is 3.00. The molecule has 0 unspecified atom stereocenters. The fourth-order valence-electron chi connectivity index (χ4n) is 3.00. The number of aromatic nitrogens is 4. The zero-order valence-electron chi connectivity index (χ0n) is 16.8. The van der Waals surface area contributed by atoms with Crippen LogP contribution in [0, 0.1) is 41.5 Å². The van der Waals surface area contributed by atoms with E-state index in [2.05, 4.69) is 25.3 Å². The molecule has 0 saturated carbocycles. The maximum Gasteiger partial charge on any atom is 0.187 e. The van der Waals surface area contributed by atoms with Gasteiger partial charge in [-0.3, -0.25) is 14.8 Å². The zero-order valence-corrected chi connectivity index (χ0v) is 16.8. The number of nitrogens with one attached hydrogen (secondary N) is 1.